The molecule has 0 spiro atoms. The van der Waals surface area contributed by atoms with E-state index in [9.17, 15) is 0 Å². The highest BCUT2D eigenvalue weighted by Gasteiger charge is 2.16. The quantitative estimate of drug-likeness (QED) is 0.759. The smallest absolute Gasteiger partial charge is 0.0390 e. The molecule has 1 aliphatic rings. The molecule has 1 aromatic rings. The molecule has 0 saturated carbocycles. The van der Waals surface area contributed by atoms with Gasteiger partial charge in [0.15, 0.2) is 0 Å². The van der Waals surface area contributed by atoms with Crippen LogP contribution in [0.15, 0.2) is 22.7 Å². The number of halogens is 1. The Morgan fingerprint density at radius 1 is 1.50 bits per heavy atom. The Bertz CT molecular complexity index is 301. The molecule has 1 heterocycles. The van der Waals surface area contributed by atoms with Crippen molar-refractivity contribution in [1.82, 2.24) is 0 Å². The number of hydrogen-bond donors (Lipinski definition) is 1. The number of thioether (sulfide) groups is 1. The molecule has 12 heavy (non-hydrogen) atoms. The van der Waals surface area contributed by atoms with Crippen molar-refractivity contribution < 1.29 is 0 Å². The Labute approximate surface area is 84.9 Å². The lowest BCUT2D eigenvalue weighted by Gasteiger charge is -2.21. The highest BCUT2D eigenvalue weighted by atomic mass is 79.9. The highest BCUT2D eigenvalue weighted by Crippen LogP contribution is 2.31. The largest absolute Gasteiger partial charge is 0.323 e. The minimum absolute atomic E-state index is 0.219. The third-order valence-corrected chi connectivity index (χ3v) is 3.67. The Morgan fingerprint density at radius 2 is 2.33 bits per heavy atom. The van der Waals surface area contributed by atoms with E-state index in [1.165, 1.54) is 11.1 Å². The van der Waals surface area contributed by atoms with Crippen LogP contribution < -0.4 is 5.73 Å². The molecule has 0 aromatic heterocycles. The third kappa shape index (κ3) is 1.53. The summed E-state index contributed by atoms with van der Waals surface area (Å²) < 4.78 is 1.13. The molecule has 1 aliphatic heterocycles. The number of rotatable bonds is 0. The van der Waals surface area contributed by atoms with Crippen molar-refractivity contribution in [3.63, 3.8) is 0 Å². The van der Waals surface area contributed by atoms with Gasteiger partial charge < -0.3 is 5.73 Å². The SMILES string of the molecule is N[C@@H]1CSCc2ccc(Br)cc21. The molecule has 1 aromatic carbocycles. The van der Waals surface area contributed by atoms with Gasteiger partial charge in [0.1, 0.15) is 0 Å². The van der Waals surface area contributed by atoms with Crippen LogP contribution in [-0.4, -0.2) is 5.75 Å². The van der Waals surface area contributed by atoms with Gasteiger partial charge in [-0.2, -0.15) is 11.8 Å². The van der Waals surface area contributed by atoms with E-state index in [2.05, 4.69) is 34.1 Å². The fourth-order valence-electron chi connectivity index (χ4n) is 1.43. The van der Waals surface area contributed by atoms with Crippen LogP contribution in [0.25, 0.3) is 0 Å². The monoisotopic (exact) mass is 243 g/mol. The first-order valence-electron chi connectivity index (χ1n) is 3.89. The standard InChI is InChI=1S/C9H10BrNS/c10-7-2-1-6-4-12-5-9(11)8(6)3-7/h1-3,9H,4-5,11H2/t9-/m1/s1. The van der Waals surface area contributed by atoms with Crippen LogP contribution in [-0.2, 0) is 5.75 Å². The minimum Gasteiger partial charge on any atom is -0.323 e. The number of nitrogens with two attached hydrogens (primary N) is 1. The number of fused-ring (bicyclic) bond motifs is 1. The van der Waals surface area contributed by atoms with Gasteiger partial charge >= 0.3 is 0 Å². The van der Waals surface area contributed by atoms with Crippen LogP contribution in [0.1, 0.15) is 17.2 Å². The zero-order valence-corrected chi connectivity index (χ0v) is 8.99. The van der Waals surface area contributed by atoms with E-state index in [0.29, 0.717) is 0 Å². The zero-order valence-electron chi connectivity index (χ0n) is 6.59. The van der Waals surface area contributed by atoms with Gasteiger partial charge in [-0.3, -0.25) is 0 Å². The molecule has 1 nitrogen and oxygen atoms in total. The van der Waals surface area contributed by atoms with Crippen molar-refractivity contribution in [3.05, 3.63) is 33.8 Å². The Balaban J connectivity index is 2.47. The molecular weight excluding hydrogens is 234 g/mol. The lowest BCUT2D eigenvalue weighted by Crippen LogP contribution is -2.18. The predicted molar refractivity (Wildman–Crippen MR) is 57.2 cm³/mol. The summed E-state index contributed by atoms with van der Waals surface area (Å²) >= 11 is 5.37. The van der Waals surface area contributed by atoms with E-state index in [-0.39, 0.29) is 6.04 Å². The highest BCUT2D eigenvalue weighted by molar-refractivity contribution is 9.10. The van der Waals surface area contributed by atoms with Crippen LogP contribution in [0, 0.1) is 0 Å². The summed E-state index contributed by atoms with van der Waals surface area (Å²) in [5.41, 5.74) is 8.67. The van der Waals surface area contributed by atoms with Crippen molar-refractivity contribution in [2.45, 2.75) is 11.8 Å². The van der Waals surface area contributed by atoms with Crippen LogP contribution >= 0.6 is 27.7 Å². The van der Waals surface area contributed by atoms with Gasteiger partial charge in [-0.05, 0) is 23.3 Å². The van der Waals surface area contributed by atoms with E-state index in [4.69, 9.17) is 5.73 Å². The lowest BCUT2D eigenvalue weighted by atomic mass is 10.0. The molecule has 2 rings (SSSR count). The van der Waals surface area contributed by atoms with Crippen LogP contribution in [0.4, 0.5) is 0 Å². The van der Waals surface area contributed by atoms with Gasteiger partial charge in [-0.25, -0.2) is 0 Å². The fraction of sp³-hybridized carbons (Fsp3) is 0.333. The lowest BCUT2D eigenvalue weighted by molar-refractivity contribution is 0.808. The molecule has 2 N–H and O–H groups in total. The van der Waals surface area contributed by atoms with E-state index in [1.54, 1.807) is 0 Å². The summed E-state index contributed by atoms with van der Waals surface area (Å²) in [5, 5.41) is 0. The number of hydrogen-bond acceptors (Lipinski definition) is 2. The Kier molecular flexibility index (Phi) is 2.44. The van der Waals surface area contributed by atoms with Gasteiger partial charge in [0.05, 0.1) is 0 Å². The van der Waals surface area contributed by atoms with Gasteiger partial charge in [-0.1, -0.05) is 22.0 Å². The molecule has 1 atom stereocenters. The second kappa shape index (κ2) is 3.40. The van der Waals surface area contributed by atoms with E-state index < -0.39 is 0 Å². The van der Waals surface area contributed by atoms with Crippen molar-refractivity contribution in [2.24, 2.45) is 5.73 Å². The molecule has 0 saturated heterocycles. The Morgan fingerprint density at radius 3 is 3.17 bits per heavy atom. The predicted octanol–water partition coefficient (Wildman–Crippen LogP) is 2.70. The van der Waals surface area contributed by atoms with Crippen molar-refractivity contribution >= 4 is 27.7 Å². The molecule has 0 fully saturated rings. The first-order chi connectivity index (χ1) is 5.77. The molecule has 0 amide bonds. The number of benzene rings is 1. The van der Waals surface area contributed by atoms with Crippen LogP contribution in [0.2, 0.25) is 0 Å². The maximum atomic E-state index is 5.97. The average molecular weight is 244 g/mol. The molecule has 0 aliphatic carbocycles. The molecular formula is C9H10BrNS. The first kappa shape index (κ1) is 8.60. The van der Waals surface area contributed by atoms with Crippen molar-refractivity contribution in [2.75, 3.05) is 5.75 Å². The van der Waals surface area contributed by atoms with E-state index in [1.807, 2.05) is 11.8 Å². The minimum atomic E-state index is 0.219. The summed E-state index contributed by atoms with van der Waals surface area (Å²) in [6.07, 6.45) is 0. The van der Waals surface area contributed by atoms with Crippen LogP contribution in [0.5, 0.6) is 0 Å². The van der Waals surface area contributed by atoms with Gasteiger partial charge in [0, 0.05) is 22.0 Å². The molecule has 0 bridgehead atoms. The van der Waals surface area contributed by atoms with Gasteiger partial charge in [0.25, 0.3) is 0 Å². The maximum Gasteiger partial charge on any atom is 0.0390 e. The molecule has 0 unspecified atom stereocenters. The summed E-state index contributed by atoms with van der Waals surface area (Å²) in [6, 6.07) is 6.60. The fourth-order valence-corrected chi connectivity index (χ4v) is 2.84. The van der Waals surface area contributed by atoms with Crippen LogP contribution in [0.3, 0.4) is 0 Å². The summed E-state index contributed by atoms with van der Waals surface area (Å²) in [7, 11) is 0. The normalized spacial score (nSPS) is 22.0. The average Bonchev–Trinajstić information content (AvgIpc) is 2.07. The molecule has 0 radical (unpaired) electrons. The zero-order chi connectivity index (χ0) is 8.55. The molecule has 64 valence electrons. The third-order valence-electron chi connectivity index (χ3n) is 2.06. The van der Waals surface area contributed by atoms with E-state index >= 15 is 0 Å². The summed E-state index contributed by atoms with van der Waals surface area (Å²) in [5.74, 6) is 2.15. The van der Waals surface area contributed by atoms with Gasteiger partial charge in [0.2, 0.25) is 0 Å². The van der Waals surface area contributed by atoms with Crippen molar-refractivity contribution in [3.8, 4) is 0 Å². The molecule has 3 heteroatoms. The second-order valence-corrected chi connectivity index (χ2v) is 4.91. The second-order valence-electron chi connectivity index (χ2n) is 2.96. The maximum absolute atomic E-state index is 5.97. The Hall–Kier alpha value is 0.01000. The van der Waals surface area contributed by atoms with Gasteiger partial charge in [-0.15, -0.1) is 0 Å². The topological polar surface area (TPSA) is 26.0 Å². The van der Waals surface area contributed by atoms with E-state index in [0.717, 1.165) is 16.0 Å². The summed E-state index contributed by atoms with van der Waals surface area (Å²) in [6.45, 7) is 0. The summed E-state index contributed by atoms with van der Waals surface area (Å²) in [4.78, 5) is 0. The van der Waals surface area contributed by atoms with Crippen molar-refractivity contribution in [1.29, 1.82) is 0 Å². The first-order valence-corrected chi connectivity index (χ1v) is 5.84.